The van der Waals surface area contributed by atoms with Gasteiger partial charge in [0.25, 0.3) is 0 Å². The smallest absolute Gasteiger partial charge is 0.340 e. The van der Waals surface area contributed by atoms with E-state index >= 15 is 0 Å². The van der Waals surface area contributed by atoms with Crippen molar-refractivity contribution in [2.45, 2.75) is 20.8 Å². The van der Waals surface area contributed by atoms with Crippen molar-refractivity contribution in [3.63, 3.8) is 0 Å². The topological polar surface area (TPSA) is 59.4 Å². The lowest BCUT2D eigenvalue weighted by Crippen LogP contribution is -2.03. The first kappa shape index (κ1) is 15.3. The second-order valence-electron chi connectivity index (χ2n) is 4.85. The number of methoxy groups -OCH3 is 1. The second kappa shape index (κ2) is 6.10. The molecule has 0 fully saturated rings. The Balaban J connectivity index is 2.53. The zero-order valence-corrected chi connectivity index (χ0v) is 13.2. The SMILES string of the molecule is COC(=O)/C(=C\c1cc(C)c(O)c(C)c1)c1nc(C)cs1. The minimum atomic E-state index is -0.423. The third-order valence-electron chi connectivity index (χ3n) is 3.08. The summed E-state index contributed by atoms with van der Waals surface area (Å²) in [5, 5.41) is 12.3. The molecule has 0 aliphatic heterocycles. The molecule has 0 atom stereocenters. The lowest BCUT2D eigenvalue weighted by atomic mass is 10.0. The van der Waals surface area contributed by atoms with Gasteiger partial charge in [0.05, 0.1) is 12.7 Å². The van der Waals surface area contributed by atoms with E-state index in [1.165, 1.54) is 18.4 Å². The highest BCUT2D eigenvalue weighted by Gasteiger charge is 2.16. The van der Waals surface area contributed by atoms with E-state index in [0.29, 0.717) is 10.6 Å². The fourth-order valence-corrected chi connectivity index (χ4v) is 2.84. The normalized spacial score (nSPS) is 11.5. The Bertz CT molecular complexity index is 693. The number of ether oxygens (including phenoxy) is 1. The number of carbonyl (C=O) groups is 1. The minimum absolute atomic E-state index is 0.275. The number of benzene rings is 1. The van der Waals surface area contributed by atoms with Gasteiger partial charge in [0.2, 0.25) is 0 Å². The van der Waals surface area contributed by atoms with Gasteiger partial charge in [-0.2, -0.15) is 0 Å². The Morgan fingerprint density at radius 1 is 1.29 bits per heavy atom. The van der Waals surface area contributed by atoms with Crippen LogP contribution in [0.5, 0.6) is 5.75 Å². The molecule has 1 aromatic heterocycles. The molecular weight excluding hydrogens is 286 g/mol. The van der Waals surface area contributed by atoms with Gasteiger partial charge in [0, 0.05) is 11.1 Å². The Kier molecular flexibility index (Phi) is 4.43. The molecule has 0 aliphatic carbocycles. The number of thiazole rings is 1. The second-order valence-corrected chi connectivity index (χ2v) is 5.71. The molecule has 5 heteroatoms. The van der Waals surface area contributed by atoms with E-state index in [1.54, 1.807) is 6.08 Å². The summed E-state index contributed by atoms with van der Waals surface area (Å²) in [4.78, 5) is 16.3. The maximum atomic E-state index is 12.0. The molecule has 0 amide bonds. The summed E-state index contributed by atoms with van der Waals surface area (Å²) in [6.45, 7) is 5.53. The van der Waals surface area contributed by atoms with Crippen molar-refractivity contribution in [1.82, 2.24) is 4.98 Å². The van der Waals surface area contributed by atoms with Gasteiger partial charge in [-0.3, -0.25) is 0 Å². The van der Waals surface area contributed by atoms with Gasteiger partial charge in [0.15, 0.2) is 0 Å². The number of hydrogen-bond donors (Lipinski definition) is 1. The lowest BCUT2D eigenvalue weighted by Gasteiger charge is -2.07. The van der Waals surface area contributed by atoms with Crippen molar-refractivity contribution in [3.05, 3.63) is 44.9 Å². The average molecular weight is 303 g/mol. The van der Waals surface area contributed by atoms with Gasteiger partial charge in [-0.1, -0.05) is 0 Å². The first-order chi connectivity index (χ1) is 9.92. The Labute approximate surface area is 127 Å². The molecule has 0 unspecified atom stereocenters. The summed E-state index contributed by atoms with van der Waals surface area (Å²) in [5.74, 6) is -0.149. The largest absolute Gasteiger partial charge is 0.507 e. The van der Waals surface area contributed by atoms with Crippen LogP contribution in [0.4, 0.5) is 0 Å². The van der Waals surface area contributed by atoms with E-state index in [0.717, 1.165) is 22.4 Å². The number of phenolic OH excluding ortho intramolecular Hbond substituents is 1. The summed E-state index contributed by atoms with van der Waals surface area (Å²) in [6, 6.07) is 3.65. The fraction of sp³-hybridized carbons (Fsp3) is 0.250. The molecule has 0 saturated heterocycles. The van der Waals surface area contributed by atoms with Gasteiger partial charge in [-0.15, -0.1) is 11.3 Å². The third-order valence-corrected chi connectivity index (χ3v) is 4.07. The minimum Gasteiger partial charge on any atom is -0.507 e. The van der Waals surface area contributed by atoms with E-state index in [2.05, 4.69) is 4.98 Å². The molecule has 2 aromatic rings. The monoisotopic (exact) mass is 303 g/mol. The van der Waals surface area contributed by atoms with Crippen LogP contribution < -0.4 is 0 Å². The van der Waals surface area contributed by atoms with Crippen molar-refractivity contribution in [1.29, 1.82) is 0 Å². The van der Waals surface area contributed by atoms with Crippen LogP contribution in [0.25, 0.3) is 11.6 Å². The number of phenols is 1. The van der Waals surface area contributed by atoms with E-state index in [9.17, 15) is 9.90 Å². The van der Waals surface area contributed by atoms with Crippen molar-refractivity contribution in [2.75, 3.05) is 7.11 Å². The van der Waals surface area contributed by atoms with Gasteiger partial charge in [-0.25, -0.2) is 9.78 Å². The van der Waals surface area contributed by atoms with Gasteiger partial charge in [-0.05, 0) is 55.7 Å². The predicted octanol–water partition coefficient (Wildman–Crippen LogP) is 3.49. The van der Waals surface area contributed by atoms with Crippen LogP contribution in [0, 0.1) is 20.8 Å². The zero-order valence-electron chi connectivity index (χ0n) is 12.4. The number of carbonyl (C=O) groups excluding carboxylic acids is 1. The molecule has 21 heavy (non-hydrogen) atoms. The number of aromatic hydroxyl groups is 1. The molecule has 0 aliphatic rings. The highest BCUT2D eigenvalue weighted by molar-refractivity contribution is 7.11. The van der Waals surface area contributed by atoms with Gasteiger partial charge in [0.1, 0.15) is 10.8 Å². The maximum absolute atomic E-state index is 12.0. The number of hydrogen-bond acceptors (Lipinski definition) is 5. The molecule has 1 heterocycles. The molecule has 4 nitrogen and oxygen atoms in total. The molecule has 1 aromatic carbocycles. The number of rotatable bonds is 3. The van der Waals surface area contributed by atoms with Gasteiger partial charge >= 0.3 is 5.97 Å². The molecule has 0 saturated carbocycles. The molecule has 2 rings (SSSR count). The van der Waals surface area contributed by atoms with Crippen LogP contribution in [-0.4, -0.2) is 23.2 Å². The van der Waals surface area contributed by atoms with Crippen LogP contribution in [0.2, 0.25) is 0 Å². The summed E-state index contributed by atoms with van der Waals surface area (Å²) in [7, 11) is 1.35. The van der Waals surface area contributed by atoms with Crippen LogP contribution >= 0.6 is 11.3 Å². The Morgan fingerprint density at radius 3 is 2.38 bits per heavy atom. The molecular formula is C16H17NO3S. The summed E-state index contributed by atoms with van der Waals surface area (Å²) in [6.07, 6.45) is 1.74. The Morgan fingerprint density at radius 2 is 1.90 bits per heavy atom. The van der Waals surface area contributed by atoms with Crippen LogP contribution in [0.15, 0.2) is 17.5 Å². The highest BCUT2D eigenvalue weighted by Crippen LogP contribution is 2.27. The molecule has 0 spiro atoms. The van der Waals surface area contributed by atoms with Crippen LogP contribution in [0.1, 0.15) is 27.4 Å². The standard InChI is InChI=1S/C16H17NO3S/c1-9-5-12(6-10(2)14(9)18)7-13(16(19)20-4)15-17-11(3)8-21-15/h5-8,18H,1-4H3/b13-7-. The number of nitrogens with zero attached hydrogens (tertiary/aromatic N) is 1. The van der Waals surface area contributed by atoms with Crippen molar-refractivity contribution in [3.8, 4) is 5.75 Å². The fourth-order valence-electron chi connectivity index (χ4n) is 2.03. The first-order valence-electron chi connectivity index (χ1n) is 6.45. The van der Waals surface area contributed by atoms with Crippen molar-refractivity contribution in [2.24, 2.45) is 0 Å². The van der Waals surface area contributed by atoms with Crippen molar-refractivity contribution < 1.29 is 14.6 Å². The van der Waals surface area contributed by atoms with E-state index < -0.39 is 5.97 Å². The average Bonchev–Trinajstić information content (AvgIpc) is 2.87. The van der Waals surface area contributed by atoms with Gasteiger partial charge < -0.3 is 9.84 Å². The maximum Gasteiger partial charge on any atom is 0.340 e. The van der Waals surface area contributed by atoms with Crippen LogP contribution in [-0.2, 0) is 9.53 Å². The summed E-state index contributed by atoms with van der Waals surface area (Å²) < 4.78 is 4.84. The molecule has 1 N–H and O–H groups in total. The lowest BCUT2D eigenvalue weighted by molar-refractivity contribution is -0.133. The van der Waals surface area contributed by atoms with Crippen LogP contribution in [0.3, 0.4) is 0 Å². The third kappa shape index (κ3) is 3.31. The number of esters is 1. The van der Waals surface area contributed by atoms with Crippen molar-refractivity contribution >= 4 is 29.0 Å². The predicted molar refractivity (Wildman–Crippen MR) is 84.3 cm³/mol. The van der Waals surface area contributed by atoms with E-state index in [1.807, 2.05) is 38.3 Å². The highest BCUT2D eigenvalue weighted by atomic mass is 32.1. The Hall–Kier alpha value is -2.14. The van der Waals surface area contributed by atoms with E-state index in [4.69, 9.17) is 4.74 Å². The number of aromatic nitrogens is 1. The molecule has 110 valence electrons. The summed E-state index contributed by atoms with van der Waals surface area (Å²) in [5.41, 5.74) is 3.64. The quantitative estimate of drug-likeness (QED) is 0.696. The van der Waals surface area contributed by atoms with E-state index in [-0.39, 0.29) is 5.75 Å². The first-order valence-corrected chi connectivity index (χ1v) is 7.33. The molecule has 0 radical (unpaired) electrons. The molecule has 0 bridgehead atoms. The summed E-state index contributed by atoms with van der Waals surface area (Å²) >= 11 is 1.40. The number of aryl methyl sites for hydroxylation is 3. The zero-order chi connectivity index (χ0) is 15.6.